The number of aryl methyl sites for hydroxylation is 1. The Morgan fingerprint density at radius 3 is 2.29 bits per heavy atom. The van der Waals surface area contributed by atoms with E-state index in [0.29, 0.717) is 5.92 Å². The van der Waals surface area contributed by atoms with E-state index in [1.54, 1.807) is 0 Å². The molecule has 1 N–H and O–H groups in total. The van der Waals surface area contributed by atoms with Crippen LogP contribution in [0.25, 0.3) is 0 Å². The number of hydrogen-bond acceptors (Lipinski definition) is 2. The van der Waals surface area contributed by atoms with E-state index in [-0.39, 0.29) is 0 Å². The summed E-state index contributed by atoms with van der Waals surface area (Å²) in [6, 6.07) is 8.77. The van der Waals surface area contributed by atoms with Gasteiger partial charge in [-0.2, -0.15) is 5.06 Å². The molecule has 2 heteroatoms. The Hall–Kier alpha value is -0.860. The molecule has 1 aliphatic heterocycles. The molecule has 0 bridgehead atoms. The lowest BCUT2D eigenvalue weighted by molar-refractivity contribution is -0.106. The Bertz CT molecular complexity index is 286. The summed E-state index contributed by atoms with van der Waals surface area (Å²) in [4.78, 5) is 0. The highest BCUT2D eigenvalue weighted by Crippen LogP contribution is 2.27. The summed E-state index contributed by atoms with van der Waals surface area (Å²) in [6.45, 7) is 3.72. The third-order valence-corrected chi connectivity index (χ3v) is 3.02. The van der Waals surface area contributed by atoms with Gasteiger partial charge in [-0.25, -0.2) is 0 Å². The van der Waals surface area contributed by atoms with Gasteiger partial charge >= 0.3 is 0 Å². The number of rotatable bonds is 1. The normalized spacial score (nSPS) is 19.9. The fourth-order valence-electron chi connectivity index (χ4n) is 2.04. The molecule has 0 aromatic heterocycles. The average Bonchev–Trinajstić information content (AvgIpc) is 2.21. The van der Waals surface area contributed by atoms with E-state index in [2.05, 4.69) is 31.2 Å². The molecule has 1 saturated heterocycles. The number of benzene rings is 1. The first-order valence-corrected chi connectivity index (χ1v) is 5.26. The van der Waals surface area contributed by atoms with Crippen molar-refractivity contribution in [1.82, 2.24) is 5.06 Å². The van der Waals surface area contributed by atoms with E-state index in [1.807, 2.05) is 0 Å². The maximum atomic E-state index is 9.25. The zero-order chi connectivity index (χ0) is 9.97. The molecule has 0 atom stereocenters. The largest absolute Gasteiger partial charge is 0.314 e. The highest BCUT2D eigenvalue weighted by atomic mass is 16.5. The fourth-order valence-corrected chi connectivity index (χ4v) is 2.04. The molecule has 0 aliphatic carbocycles. The predicted molar refractivity (Wildman–Crippen MR) is 56.5 cm³/mol. The molecule has 0 radical (unpaired) electrons. The summed E-state index contributed by atoms with van der Waals surface area (Å²) < 4.78 is 0. The van der Waals surface area contributed by atoms with Crippen molar-refractivity contribution >= 4 is 0 Å². The van der Waals surface area contributed by atoms with Gasteiger partial charge in [-0.15, -0.1) is 0 Å². The van der Waals surface area contributed by atoms with E-state index >= 15 is 0 Å². The van der Waals surface area contributed by atoms with Gasteiger partial charge in [0.2, 0.25) is 0 Å². The van der Waals surface area contributed by atoms with Crippen LogP contribution in [-0.4, -0.2) is 23.4 Å². The van der Waals surface area contributed by atoms with E-state index in [1.165, 1.54) is 16.2 Å². The summed E-state index contributed by atoms with van der Waals surface area (Å²) in [7, 11) is 0. The van der Waals surface area contributed by atoms with Crippen LogP contribution in [-0.2, 0) is 0 Å². The van der Waals surface area contributed by atoms with Crippen LogP contribution >= 0.6 is 0 Å². The highest BCUT2D eigenvalue weighted by Gasteiger charge is 2.18. The van der Waals surface area contributed by atoms with Crippen LogP contribution in [0.1, 0.15) is 29.9 Å². The summed E-state index contributed by atoms with van der Waals surface area (Å²) in [6.07, 6.45) is 2.14. The number of hydrogen-bond donors (Lipinski definition) is 1. The molecule has 1 aromatic carbocycles. The molecule has 14 heavy (non-hydrogen) atoms. The molecule has 2 nitrogen and oxygen atoms in total. The molecule has 76 valence electrons. The van der Waals surface area contributed by atoms with Crippen molar-refractivity contribution < 1.29 is 5.21 Å². The average molecular weight is 191 g/mol. The Labute approximate surface area is 85.1 Å². The van der Waals surface area contributed by atoms with Crippen LogP contribution in [0, 0.1) is 6.92 Å². The smallest absolute Gasteiger partial charge is 0.0244 e. The fraction of sp³-hybridized carbons (Fsp3) is 0.500. The Kier molecular flexibility index (Phi) is 2.85. The summed E-state index contributed by atoms with van der Waals surface area (Å²) in [5.41, 5.74) is 2.73. The molecule has 0 unspecified atom stereocenters. The van der Waals surface area contributed by atoms with Gasteiger partial charge in [0.15, 0.2) is 0 Å². The number of hydroxylamine groups is 2. The lowest BCUT2D eigenvalue weighted by Gasteiger charge is -2.27. The van der Waals surface area contributed by atoms with Crippen molar-refractivity contribution in [2.24, 2.45) is 0 Å². The molecule has 1 heterocycles. The highest BCUT2D eigenvalue weighted by molar-refractivity contribution is 5.24. The van der Waals surface area contributed by atoms with Crippen LogP contribution in [0.5, 0.6) is 0 Å². The topological polar surface area (TPSA) is 23.5 Å². The van der Waals surface area contributed by atoms with Gasteiger partial charge in [0.1, 0.15) is 0 Å². The first-order chi connectivity index (χ1) is 6.75. The van der Waals surface area contributed by atoms with Crippen molar-refractivity contribution in [1.29, 1.82) is 0 Å². The Balaban J connectivity index is 2.05. The minimum Gasteiger partial charge on any atom is -0.314 e. The molecule has 0 saturated carbocycles. The maximum Gasteiger partial charge on any atom is 0.0244 e. The first kappa shape index (κ1) is 9.69. The number of piperidine rings is 1. The second kappa shape index (κ2) is 4.11. The van der Waals surface area contributed by atoms with Gasteiger partial charge in [0.25, 0.3) is 0 Å². The third kappa shape index (κ3) is 2.14. The van der Waals surface area contributed by atoms with Crippen molar-refractivity contribution in [3.63, 3.8) is 0 Å². The second-order valence-corrected chi connectivity index (χ2v) is 4.14. The lowest BCUT2D eigenvalue weighted by Crippen LogP contribution is -2.29. The van der Waals surface area contributed by atoms with Crippen molar-refractivity contribution in [3.05, 3.63) is 35.4 Å². The summed E-state index contributed by atoms with van der Waals surface area (Å²) in [5, 5.41) is 10.7. The zero-order valence-corrected chi connectivity index (χ0v) is 8.61. The minimum absolute atomic E-state index is 0.638. The van der Waals surface area contributed by atoms with Gasteiger partial charge in [0.05, 0.1) is 0 Å². The van der Waals surface area contributed by atoms with Gasteiger partial charge in [-0.1, -0.05) is 29.8 Å². The standard InChI is InChI=1S/C12H17NO/c1-10-2-4-11(5-3-10)12-6-8-13(14)9-7-12/h2-5,12,14H,6-9H2,1H3. The van der Waals surface area contributed by atoms with E-state index in [4.69, 9.17) is 0 Å². The molecular formula is C12H17NO. The summed E-state index contributed by atoms with van der Waals surface area (Å²) in [5.74, 6) is 0.638. The van der Waals surface area contributed by atoms with Crippen LogP contribution in [0.15, 0.2) is 24.3 Å². The lowest BCUT2D eigenvalue weighted by atomic mass is 9.90. The van der Waals surface area contributed by atoms with Gasteiger partial charge in [-0.05, 0) is 31.2 Å². The van der Waals surface area contributed by atoms with E-state index < -0.39 is 0 Å². The monoisotopic (exact) mass is 191 g/mol. The Morgan fingerprint density at radius 1 is 1.14 bits per heavy atom. The van der Waals surface area contributed by atoms with Crippen LogP contribution in [0.3, 0.4) is 0 Å². The van der Waals surface area contributed by atoms with Crippen LogP contribution in [0.4, 0.5) is 0 Å². The SMILES string of the molecule is Cc1ccc(C2CCN(O)CC2)cc1. The van der Waals surface area contributed by atoms with Gasteiger partial charge < -0.3 is 5.21 Å². The molecule has 2 rings (SSSR count). The second-order valence-electron chi connectivity index (χ2n) is 4.14. The van der Waals surface area contributed by atoms with Crippen molar-refractivity contribution in [3.8, 4) is 0 Å². The van der Waals surface area contributed by atoms with Gasteiger partial charge in [-0.3, -0.25) is 0 Å². The van der Waals surface area contributed by atoms with Gasteiger partial charge in [0, 0.05) is 13.1 Å². The molecule has 1 aromatic rings. The predicted octanol–water partition coefficient (Wildman–Crippen LogP) is 2.56. The van der Waals surface area contributed by atoms with Crippen LogP contribution < -0.4 is 0 Å². The van der Waals surface area contributed by atoms with E-state index in [0.717, 1.165) is 25.9 Å². The molecule has 1 aliphatic rings. The van der Waals surface area contributed by atoms with Crippen molar-refractivity contribution in [2.75, 3.05) is 13.1 Å². The molecular weight excluding hydrogens is 174 g/mol. The minimum atomic E-state index is 0.638. The Morgan fingerprint density at radius 2 is 1.71 bits per heavy atom. The van der Waals surface area contributed by atoms with Crippen molar-refractivity contribution in [2.45, 2.75) is 25.7 Å². The first-order valence-electron chi connectivity index (χ1n) is 5.26. The molecule has 0 spiro atoms. The van der Waals surface area contributed by atoms with E-state index in [9.17, 15) is 5.21 Å². The summed E-state index contributed by atoms with van der Waals surface area (Å²) >= 11 is 0. The molecule has 0 amide bonds. The molecule has 1 fully saturated rings. The number of nitrogens with zero attached hydrogens (tertiary/aromatic N) is 1. The quantitative estimate of drug-likeness (QED) is 0.737. The zero-order valence-electron chi connectivity index (χ0n) is 8.61. The maximum absolute atomic E-state index is 9.25. The van der Waals surface area contributed by atoms with Crippen LogP contribution in [0.2, 0.25) is 0 Å². The third-order valence-electron chi connectivity index (χ3n) is 3.02.